The number of hydrogen-bond acceptors (Lipinski definition) is 2. The van der Waals surface area contributed by atoms with Crippen LogP contribution in [0.2, 0.25) is 0 Å². The molecule has 2 N–H and O–H groups in total. The lowest BCUT2D eigenvalue weighted by atomic mass is 9.80. The molecule has 1 saturated carbocycles. The van der Waals surface area contributed by atoms with Crippen molar-refractivity contribution in [2.24, 2.45) is 11.8 Å². The van der Waals surface area contributed by atoms with Crippen molar-refractivity contribution < 1.29 is 14.7 Å². The van der Waals surface area contributed by atoms with Gasteiger partial charge in [-0.05, 0) is 44.9 Å². The van der Waals surface area contributed by atoms with E-state index in [4.69, 9.17) is 5.11 Å². The van der Waals surface area contributed by atoms with Crippen molar-refractivity contribution in [1.82, 2.24) is 5.32 Å². The minimum Gasteiger partial charge on any atom is -0.481 e. The topological polar surface area (TPSA) is 66.4 Å². The molecule has 1 atom stereocenters. The van der Waals surface area contributed by atoms with Crippen molar-refractivity contribution in [2.75, 3.05) is 0 Å². The molecule has 1 aliphatic rings. The first-order valence-electron chi connectivity index (χ1n) is 6.55. The van der Waals surface area contributed by atoms with Crippen LogP contribution in [0.4, 0.5) is 0 Å². The average molecular weight is 241 g/mol. The van der Waals surface area contributed by atoms with E-state index in [1.807, 2.05) is 6.92 Å². The minimum atomic E-state index is -0.725. The van der Waals surface area contributed by atoms with Gasteiger partial charge in [0.1, 0.15) is 0 Å². The van der Waals surface area contributed by atoms with Gasteiger partial charge in [-0.2, -0.15) is 0 Å². The standard InChI is InChI=1S/C13H23NO3/c1-3-9(2)14-13(17)11-6-4-10(5-7-11)8-12(15)16/h9-11H,3-8H2,1-2H3,(H,14,17)(H,15,16). The summed E-state index contributed by atoms with van der Waals surface area (Å²) in [6, 6.07) is 0.235. The van der Waals surface area contributed by atoms with E-state index in [0.29, 0.717) is 0 Å². The minimum absolute atomic E-state index is 0.0917. The van der Waals surface area contributed by atoms with E-state index in [1.54, 1.807) is 0 Å². The number of aliphatic carboxylic acids is 1. The summed E-state index contributed by atoms with van der Waals surface area (Å²) in [6.45, 7) is 4.06. The first-order chi connectivity index (χ1) is 8.02. The zero-order valence-corrected chi connectivity index (χ0v) is 10.7. The molecule has 1 aliphatic carbocycles. The number of carboxylic acids is 1. The second-order valence-corrected chi connectivity index (χ2v) is 5.13. The summed E-state index contributed by atoms with van der Waals surface area (Å²) in [5.74, 6) is -0.222. The number of carbonyl (C=O) groups excluding carboxylic acids is 1. The van der Waals surface area contributed by atoms with Gasteiger partial charge < -0.3 is 10.4 Å². The highest BCUT2D eigenvalue weighted by Gasteiger charge is 2.27. The molecule has 98 valence electrons. The maximum absolute atomic E-state index is 11.9. The molecule has 1 unspecified atom stereocenters. The highest BCUT2D eigenvalue weighted by molar-refractivity contribution is 5.79. The molecule has 1 amide bonds. The fraction of sp³-hybridized carbons (Fsp3) is 0.846. The maximum atomic E-state index is 11.9. The molecule has 1 rings (SSSR count). The lowest BCUT2D eigenvalue weighted by molar-refractivity contribution is -0.138. The van der Waals surface area contributed by atoms with Crippen molar-refractivity contribution in [1.29, 1.82) is 0 Å². The number of carbonyl (C=O) groups is 2. The molecule has 0 radical (unpaired) electrons. The lowest BCUT2D eigenvalue weighted by Crippen LogP contribution is -2.38. The summed E-state index contributed by atoms with van der Waals surface area (Å²) >= 11 is 0. The van der Waals surface area contributed by atoms with Crippen LogP contribution in [0.15, 0.2) is 0 Å². The van der Waals surface area contributed by atoms with Gasteiger partial charge in [-0.3, -0.25) is 9.59 Å². The zero-order valence-electron chi connectivity index (χ0n) is 10.7. The Morgan fingerprint density at radius 1 is 1.29 bits per heavy atom. The van der Waals surface area contributed by atoms with Crippen molar-refractivity contribution >= 4 is 11.9 Å². The first-order valence-corrected chi connectivity index (χ1v) is 6.55. The number of amides is 1. The van der Waals surface area contributed by atoms with Gasteiger partial charge in [-0.1, -0.05) is 6.92 Å². The largest absolute Gasteiger partial charge is 0.481 e. The van der Waals surface area contributed by atoms with Crippen LogP contribution in [0.3, 0.4) is 0 Å². The number of nitrogens with one attached hydrogen (secondary N) is 1. The van der Waals surface area contributed by atoms with Crippen LogP contribution in [0.25, 0.3) is 0 Å². The third kappa shape index (κ3) is 4.75. The fourth-order valence-corrected chi connectivity index (χ4v) is 2.34. The van der Waals surface area contributed by atoms with Crippen molar-refractivity contribution in [2.45, 2.75) is 58.4 Å². The van der Waals surface area contributed by atoms with Gasteiger partial charge in [-0.15, -0.1) is 0 Å². The Hall–Kier alpha value is -1.06. The molecule has 4 heteroatoms. The Bertz CT molecular complexity index is 270. The predicted octanol–water partition coefficient (Wildman–Crippen LogP) is 2.18. The zero-order chi connectivity index (χ0) is 12.8. The molecular formula is C13H23NO3. The average Bonchev–Trinajstić information content (AvgIpc) is 2.28. The van der Waals surface area contributed by atoms with E-state index in [0.717, 1.165) is 32.1 Å². The van der Waals surface area contributed by atoms with Crippen molar-refractivity contribution in [3.05, 3.63) is 0 Å². The Balaban J connectivity index is 2.31. The van der Waals surface area contributed by atoms with Crippen LogP contribution in [0, 0.1) is 11.8 Å². The number of hydrogen-bond donors (Lipinski definition) is 2. The molecule has 0 saturated heterocycles. The fourth-order valence-electron chi connectivity index (χ4n) is 2.34. The first kappa shape index (κ1) is 14.0. The van der Waals surface area contributed by atoms with Crippen molar-refractivity contribution in [3.8, 4) is 0 Å². The van der Waals surface area contributed by atoms with Crippen LogP contribution in [-0.2, 0) is 9.59 Å². The van der Waals surface area contributed by atoms with Gasteiger partial charge in [0.2, 0.25) is 5.91 Å². The molecule has 0 aromatic carbocycles. The molecule has 0 heterocycles. The molecule has 0 aromatic rings. The summed E-state index contributed by atoms with van der Waals surface area (Å²) in [6.07, 6.45) is 4.59. The summed E-state index contributed by atoms with van der Waals surface area (Å²) in [7, 11) is 0. The number of rotatable bonds is 5. The number of carboxylic acid groups (broad SMARTS) is 1. The second kappa shape index (κ2) is 6.62. The third-order valence-corrected chi connectivity index (χ3v) is 3.68. The SMILES string of the molecule is CCC(C)NC(=O)C1CCC(CC(=O)O)CC1. The summed E-state index contributed by atoms with van der Waals surface area (Å²) in [5, 5.41) is 11.7. The van der Waals surface area contributed by atoms with Gasteiger partial charge in [-0.25, -0.2) is 0 Å². The van der Waals surface area contributed by atoms with E-state index < -0.39 is 5.97 Å². The summed E-state index contributed by atoms with van der Waals surface area (Å²) in [5.41, 5.74) is 0. The monoisotopic (exact) mass is 241 g/mol. The van der Waals surface area contributed by atoms with E-state index >= 15 is 0 Å². The van der Waals surface area contributed by atoms with E-state index in [-0.39, 0.29) is 30.2 Å². The highest BCUT2D eigenvalue weighted by Crippen LogP contribution is 2.30. The Labute approximate surface area is 103 Å². The Kier molecular flexibility index (Phi) is 5.45. The normalized spacial score (nSPS) is 26.2. The molecular weight excluding hydrogens is 218 g/mol. The molecule has 0 aromatic heterocycles. The van der Waals surface area contributed by atoms with Gasteiger partial charge in [0.25, 0.3) is 0 Å². The molecule has 0 aliphatic heterocycles. The predicted molar refractivity (Wildman–Crippen MR) is 65.6 cm³/mol. The Morgan fingerprint density at radius 2 is 1.88 bits per heavy atom. The second-order valence-electron chi connectivity index (χ2n) is 5.13. The summed E-state index contributed by atoms with van der Waals surface area (Å²) < 4.78 is 0. The Morgan fingerprint density at radius 3 is 2.35 bits per heavy atom. The van der Waals surface area contributed by atoms with Crippen LogP contribution >= 0.6 is 0 Å². The van der Waals surface area contributed by atoms with E-state index in [9.17, 15) is 9.59 Å². The van der Waals surface area contributed by atoms with Crippen LogP contribution in [-0.4, -0.2) is 23.0 Å². The maximum Gasteiger partial charge on any atom is 0.303 e. The quantitative estimate of drug-likeness (QED) is 0.775. The van der Waals surface area contributed by atoms with Gasteiger partial charge in [0.05, 0.1) is 0 Å². The van der Waals surface area contributed by atoms with Gasteiger partial charge in [0, 0.05) is 18.4 Å². The smallest absolute Gasteiger partial charge is 0.303 e. The van der Waals surface area contributed by atoms with E-state index in [2.05, 4.69) is 12.2 Å². The molecule has 1 fully saturated rings. The summed E-state index contributed by atoms with van der Waals surface area (Å²) in [4.78, 5) is 22.5. The van der Waals surface area contributed by atoms with Crippen LogP contribution in [0.5, 0.6) is 0 Å². The van der Waals surface area contributed by atoms with E-state index in [1.165, 1.54) is 0 Å². The van der Waals surface area contributed by atoms with Gasteiger partial charge >= 0.3 is 5.97 Å². The lowest BCUT2D eigenvalue weighted by Gasteiger charge is -2.27. The molecule has 0 bridgehead atoms. The molecule has 0 spiro atoms. The van der Waals surface area contributed by atoms with Gasteiger partial charge in [0.15, 0.2) is 0 Å². The van der Waals surface area contributed by atoms with Crippen LogP contribution < -0.4 is 5.32 Å². The molecule has 4 nitrogen and oxygen atoms in total. The van der Waals surface area contributed by atoms with Crippen LogP contribution in [0.1, 0.15) is 52.4 Å². The van der Waals surface area contributed by atoms with Crippen molar-refractivity contribution in [3.63, 3.8) is 0 Å². The highest BCUT2D eigenvalue weighted by atomic mass is 16.4. The molecule has 17 heavy (non-hydrogen) atoms. The third-order valence-electron chi connectivity index (χ3n) is 3.68.